The van der Waals surface area contributed by atoms with Gasteiger partial charge >= 0.3 is 0 Å². The van der Waals surface area contributed by atoms with Crippen LogP contribution in [0.25, 0.3) is 0 Å². The van der Waals surface area contributed by atoms with Crippen LogP contribution in [0.1, 0.15) is 19.8 Å². The molecule has 0 aliphatic carbocycles. The zero-order valence-electron chi connectivity index (χ0n) is 10.5. The lowest BCUT2D eigenvalue weighted by Gasteiger charge is -2.25. The Hall–Kier alpha value is -0.920. The predicted octanol–water partition coefficient (Wildman–Crippen LogP) is -0.0570. The van der Waals surface area contributed by atoms with Crippen LogP contribution in [-0.2, 0) is 16.6 Å². The Kier molecular flexibility index (Phi) is 4.36. The monoisotopic (exact) mass is 272 g/mol. The molecule has 0 radical (unpaired) electrons. The van der Waals surface area contributed by atoms with Gasteiger partial charge < -0.3 is 5.32 Å². The summed E-state index contributed by atoms with van der Waals surface area (Å²) in [6, 6.07) is 1.67. The second kappa shape index (κ2) is 5.81. The van der Waals surface area contributed by atoms with E-state index in [0.717, 1.165) is 19.4 Å². The van der Waals surface area contributed by atoms with Crippen LogP contribution in [0.3, 0.4) is 0 Å². The van der Waals surface area contributed by atoms with E-state index in [1.165, 1.54) is 0 Å². The lowest BCUT2D eigenvalue weighted by Crippen LogP contribution is -2.47. The number of sulfonamides is 1. The van der Waals surface area contributed by atoms with E-state index in [2.05, 4.69) is 15.1 Å². The highest BCUT2D eigenvalue weighted by Crippen LogP contribution is 2.11. The number of hydrogen-bond acceptors (Lipinski definition) is 4. The molecule has 0 bridgehead atoms. The van der Waals surface area contributed by atoms with Gasteiger partial charge in [-0.15, -0.1) is 0 Å². The smallest absolute Gasteiger partial charge is 0.216 e. The minimum absolute atomic E-state index is 0.156. The Bertz CT molecular complexity index is 451. The molecule has 1 aromatic rings. The molecule has 1 aliphatic rings. The van der Waals surface area contributed by atoms with Crippen LogP contribution in [0.4, 0.5) is 0 Å². The van der Waals surface area contributed by atoms with Gasteiger partial charge in [0.2, 0.25) is 10.0 Å². The van der Waals surface area contributed by atoms with Crippen molar-refractivity contribution >= 4 is 10.0 Å². The fourth-order valence-corrected chi connectivity index (χ4v) is 3.83. The zero-order chi connectivity index (χ0) is 13.0. The molecule has 0 aromatic carbocycles. The van der Waals surface area contributed by atoms with Crippen LogP contribution in [-0.4, -0.2) is 42.6 Å². The number of rotatable bonds is 5. The molecule has 1 aliphatic heterocycles. The van der Waals surface area contributed by atoms with Gasteiger partial charge in [0.05, 0.1) is 11.8 Å². The van der Waals surface area contributed by atoms with Gasteiger partial charge in [0.1, 0.15) is 0 Å². The maximum atomic E-state index is 12.1. The molecular weight excluding hydrogens is 252 g/mol. The molecule has 0 saturated carbocycles. The first-order valence-corrected chi connectivity index (χ1v) is 7.82. The maximum Gasteiger partial charge on any atom is 0.216 e. The van der Waals surface area contributed by atoms with E-state index in [1.54, 1.807) is 10.9 Å². The van der Waals surface area contributed by atoms with Crippen molar-refractivity contribution in [3.8, 4) is 0 Å². The molecule has 1 saturated heterocycles. The minimum atomic E-state index is -3.24. The summed E-state index contributed by atoms with van der Waals surface area (Å²) in [5.74, 6) is 0. The summed E-state index contributed by atoms with van der Waals surface area (Å²) in [6.45, 7) is 3.86. The summed E-state index contributed by atoms with van der Waals surface area (Å²) in [4.78, 5) is 0. The van der Waals surface area contributed by atoms with Gasteiger partial charge in [-0.2, -0.15) is 5.10 Å². The van der Waals surface area contributed by atoms with Crippen molar-refractivity contribution in [2.45, 2.75) is 37.6 Å². The molecule has 1 aromatic heterocycles. The molecule has 2 rings (SSSR count). The first kappa shape index (κ1) is 13.5. The van der Waals surface area contributed by atoms with E-state index in [9.17, 15) is 8.42 Å². The Morgan fingerprint density at radius 2 is 2.44 bits per heavy atom. The van der Waals surface area contributed by atoms with Crippen LogP contribution in [0.5, 0.6) is 0 Å². The number of nitrogens with one attached hydrogen (secondary N) is 2. The first-order chi connectivity index (χ1) is 8.58. The lowest BCUT2D eigenvalue weighted by molar-refractivity contribution is 0.464. The van der Waals surface area contributed by atoms with E-state index < -0.39 is 10.0 Å². The van der Waals surface area contributed by atoms with Crippen molar-refractivity contribution in [1.82, 2.24) is 19.8 Å². The SMILES string of the molecule is CC(Cn1cccn1)NS(=O)(=O)C1CCCNC1. The van der Waals surface area contributed by atoms with E-state index in [-0.39, 0.29) is 11.3 Å². The van der Waals surface area contributed by atoms with Crippen LogP contribution in [0, 0.1) is 0 Å². The molecule has 2 unspecified atom stereocenters. The third-order valence-electron chi connectivity index (χ3n) is 3.08. The Labute approximate surface area is 108 Å². The lowest BCUT2D eigenvalue weighted by atomic mass is 10.2. The second-order valence-corrected chi connectivity index (χ2v) is 6.75. The molecular formula is C11H20N4O2S. The van der Waals surface area contributed by atoms with Crippen molar-refractivity contribution in [3.63, 3.8) is 0 Å². The van der Waals surface area contributed by atoms with E-state index >= 15 is 0 Å². The Morgan fingerprint density at radius 3 is 3.06 bits per heavy atom. The van der Waals surface area contributed by atoms with Crippen molar-refractivity contribution in [3.05, 3.63) is 18.5 Å². The van der Waals surface area contributed by atoms with Crippen molar-refractivity contribution in [1.29, 1.82) is 0 Å². The average molecular weight is 272 g/mol. The summed E-state index contributed by atoms with van der Waals surface area (Å²) in [5, 5.41) is 6.88. The largest absolute Gasteiger partial charge is 0.315 e. The molecule has 1 fully saturated rings. The fourth-order valence-electron chi connectivity index (χ4n) is 2.19. The van der Waals surface area contributed by atoms with E-state index in [4.69, 9.17) is 0 Å². The van der Waals surface area contributed by atoms with Gasteiger partial charge in [0, 0.05) is 25.0 Å². The number of nitrogens with zero attached hydrogens (tertiary/aromatic N) is 2. The van der Waals surface area contributed by atoms with Gasteiger partial charge in [-0.3, -0.25) is 4.68 Å². The van der Waals surface area contributed by atoms with Gasteiger partial charge in [0.25, 0.3) is 0 Å². The van der Waals surface area contributed by atoms with Gasteiger partial charge in [0.15, 0.2) is 0 Å². The van der Waals surface area contributed by atoms with E-state index in [1.807, 2.05) is 19.2 Å². The van der Waals surface area contributed by atoms with Crippen molar-refractivity contribution in [2.75, 3.05) is 13.1 Å². The quantitative estimate of drug-likeness (QED) is 0.787. The van der Waals surface area contributed by atoms with Crippen molar-refractivity contribution < 1.29 is 8.42 Å². The van der Waals surface area contributed by atoms with Crippen LogP contribution >= 0.6 is 0 Å². The molecule has 2 N–H and O–H groups in total. The van der Waals surface area contributed by atoms with Crippen LogP contribution in [0.15, 0.2) is 18.5 Å². The molecule has 0 amide bonds. The summed E-state index contributed by atoms with van der Waals surface area (Å²) in [7, 11) is -3.24. The first-order valence-electron chi connectivity index (χ1n) is 6.27. The topological polar surface area (TPSA) is 76.0 Å². The minimum Gasteiger partial charge on any atom is -0.315 e. The molecule has 18 heavy (non-hydrogen) atoms. The molecule has 6 nitrogen and oxygen atoms in total. The maximum absolute atomic E-state index is 12.1. The third-order valence-corrected chi connectivity index (χ3v) is 5.09. The summed E-state index contributed by atoms with van der Waals surface area (Å²) in [6.07, 6.45) is 5.16. The fraction of sp³-hybridized carbons (Fsp3) is 0.727. The summed E-state index contributed by atoms with van der Waals surface area (Å²) >= 11 is 0. The number of piperidine rings is 1. The number of aromatic nitrogens is 2. The molecule has 7 heteroatoms. The summed E-state index contributed by atoms with van der Waals surface area (Å²) < 4.78 is 28.8. The highest BCUT2D eigenvalue weighted by Gasteiger charge is 2.28. The van der Waals surface area contributed by atoms with Crippen LogP contribution in [0.2, 0.25) is 0 Å². The highest BCUT2D eigenvalue weighted by atomic mass is 32.2. The highest BCUT2D eigenvalue weighted by molar-refractivity contribution is 7.90. The van der Waals surface area contributed by atoms with E-state index in [0.29, 0.717) is 13.1 Å². The predicted molar refractivity (Wildman–Crippen MR) is 69.6 cm³/mol. The third kappa shape index (κ3) is 3.54. The molecule has 2 heterocycles. The van der Waals surface area contributed by atoms with Gasteiger partial charge in [-0.25, -0.2) is 13.1 Å². The zero-order valence-corrected chi connectivity index (χ0v) is 11.4. The number of hydrogen-bond donors (Lipinski definition) is 2. The van der Waals surface area contributed by atoms with Crippen molar-refractivity contribution in [2.24, 2.45) is 0 Å². The second-order valence-electron chi connectivity index (χ2n) is 4.76. The Balaban J connectivity index is 1.90. The molecule has 102 valence electrons. The standard InChI is InChI=1S/C11H20N4O2S/c1-10(9-15-7-3-6-13-15)14-18(16,17)11-4-2-5-12-8-11/h3,6-7,10-12,14H,2,4-5,8-9H2,1H3. The van der Waals surface area contributed by atoms with Crippen LogP contribution < -0.4 is 10.0 Å². The molecule has 0 spiro atoms. The van der Waals surface area contributed by atoms with Gasteiger partial charge in [-0.05, 0) is 32.4 Å². The van der Waals surface area contributed by atoms with Gasteiger partial charge in [-0.1, -0.05) is 0 Å². The Morgan fingerprint density at radius 1 is 1.61 bits per heavy atom. The molecule has 2 atom stereocenters. The normalized spacial score (nSPS) is 22.8. The average Bonchev–Trinajstić information content (AvgIpc) is 2.82. The summed E-state index contributed by atoms with van der Waals surface area (Å²) in [5.41, 5.74) is 0.